The van der Waals surface area contributed by atoms with Crippen molar-refractivity contribution in [3.63, 3.8) is 0 Å². The largest absolute Gasteiger partial charge is 0.391 e. The molecule has 0 spiro atoms. The van der Waals surface area contributed by atoms with Crippen LogP contribution in [0.15, 0.2) is 29.8 Å². The lowest BCUT2D eigenvalue weighted by Crippen LogP contribution is -2.60. The number of ether oxygens (including phenoxy) is 1. The first-order valence-corrected chi connectivity index (χ1v) is 13.8. The molecule has 38 heavy (non-hydrogen) atoms. The van der Waals surface area contributed by atoms with Gasteiger partial charge in [0.05, 0.1) is 28.8 Å². The van der Waals surface area contributed by atoms with Crippen molar-refractivity contribution >= 4 is 29.1 Å². The second-order valence-electron chi connectivity index (χ2n) is 10.9. The minimum atomic E-state index is -0.885. The number of benzene rings is 1. The Morgan fingerprint density at radius 3 is 2.58 bits per heavy atom. The number of hydrogen-bond acceptors (Lipinski definition) is 8. The molecule has 206 valence electrons. The van der Waals surface area contributed by atoms with Gasteiger partial charge in [0.25, 0.3) is 5.91 Å². The first kappa shape index (κ1) is 28.2. The summed E-state index contributed by atoms with van der Waals surface area (Å²) < 4.78 is 5.54. The number of rotatable bonds is 7. The van der Waals surface area contributed by atoms with Crippen LogP contribution in [0.3, 0.4) is 0 Å². The highest BCUT2D eigenvalue weighted by molar-refractivity contribution is 7.13. The Morgan fingerprint density at radius 2 is 1.97 bits per heavy atom. The summed E-state index contributed by atoms with van der Waals surface area (Å²) >= 11 is 1.58. The van der Waals surface area contributed by atoms with Gasteiger partial charge in [0.2, 0.25) is 11.8 Å². The van der Waals surface area contributed by atoms with Crippen molar-refractivity contribution in [3.05, 3.63) is 41.0 Å². The van der Waals surface area contributed by atoms with E-state index >= 15 is 0 Å². The van der Waals surface area contributed by atoms with Crippen LogP contribution in [0.2, 0.25) is 0 Å². The van der Waals surface area contributed by atoms with Crippen molar-refractivity contribution in [2.75, 3.05) is 26.2 Å². The van der Waals surface area contributed by atoms with Gasteiger partial charge in [-0.1, -0.05) is 45.0 Å². The Morgan fingerprint density at radius 1 is 1.24 bits per heavy atom. The summed E-state index contributed by atoms with van der Waals surface area (Å²) in [5, 5.41) is 19.2. The van der Waals surface area contributed by atoms with Gasteiger partial charge in [-0.3, -0.25) is 14.4 Å². The van der Waals surface area contributed by atoms with Crippen molar-refractivity contribution in [2.24, 2.45) is 5.41 Å². The highest BCUT2D eigenvalue weighted by Gasteiger charge is 2.45. The maximum atomic E-state index is 13.7. The number of amides is 3. The number of β-amino-alcohol motifs (C(OH)–C–C–N with tert-alkyl or cyclic N) is 1. The molecule has 2 fully saturated rings. The molecule has 1 aromatic heterocycles. The summed E-state index contributed by atoms with van der Waals surface area (Å²) in [6, 6.07) is 6.19. The number of aliphatic hydroxyl groups is 1. The zero-order valence-corrected chi connectivity index (χ0v) is 23.1. The Kier molecular flexibility index (Phi) is 8.81. The van der Waals surface area contributed by atoms with Crippen molar-refractivity contribution in [1.29, 1.82) is 0 Å². The molecule has 0 aliphatic carbocycles. The lowest BCUT2D eigenvalue weighted by molar-refractivity contribution is -0.146. The minimum Gasteiger partial charge on any atom is -0.391 e. The molecule has 4 N–H and O–H groups in total. The summed E-state index contributed by atoms with van der Waals surface area (Å²) in [4.78, 5) is 46.5. The van der Waals surface area contributed by atoms with Crippen LogP contribution in [0.25, 0.3) is 10.4 Å². The molecule has 2 aromatic rings. The molecule has 10 nitrogen and oxygen atoms in total. The van der Waals surface area contributed by atoms with Gasteiger partial charge in [-0.2, -0.15) is 0 Å². The van der Waals surface area contributed by atoms with E-state index in [1.165, 1.54) is 4.90 Å². The van der Waals surface area contributed by atoms with Crippen molar-refractivity contribution in [3.8, 4) is 10.4 Å². The second-order valence-corrected chi connectivity index (χ2v) is 11.8. The zero-order valence-electron chi connectivity index (χ0n) is 22.3. The molecule has 3 heterocycles. The van der Waals surface area contributed by atoms with E-state index in [4.69, 9.17) is 4.74 Å². The highest BCUT2D eigenvalue weighted by atomic mass is 32.1. The molecule has 4 atom stereocenters. The fraction of sp³-hybridized carbons (Fsp3) is 0.556. The molecule has 11 heteroatoms. The predicted octanol–water partition coefficient (Wildman–Crippen LogP) is 1.22. The fourth-order valence-corrected chi connectivity index (χ4v) is 5.56. The van der Waals surface area contributed by atoms with E-state index in [9.17, 15) is 19.5 Å². The maximum Gasteiger partial charge on any atom is 0.251 e. The SMILES string of the molecule is Cc1ncsc1-c1ccc(CNC(=O)[C@@H]2C[C@@H](O)CN2C(=O)[C@@H](NC(=O)[C@@H]2CNCCO2)C(C)(C)C)cc1. The molecule has 2 aliphatic heterocycles. The van der Waals surface area contributed by atoms with E-state index in [0.717, 1.165) is 21.7 Å². The smallest absolute Gasteiger partial charge is 0.251 e. The number of aromatic nitrogens is 1. The number of likely N-dealkylation sites (tertiary alicyclic amines) is 1. The lowest BCUT2D eigenvalue weighted by atomic mass is 9.85. The summed E-state index contributed by atoms with van der Waals surface area (Å²) in [6.45, 7) is 9.32. The normalized spacial score (nSPS) is 22.7. The average molecular weight is 544 g/mol. The van der Waals surface area contributed by atoms with Gasteiger partial charge in [0, 0.05) is 32.6 Å². The molecular formula is C27H37N5O5S. The van der Waals surface area contributed by atoms with Gasteiger partial charge in [-0.25, -0.2) is 4.98 Å². The molecule has 2 aliphatic rings. The van der Waals surface area contributed by atoms with Crippen LogP contribution in [0, 0.1) is 12.3 Å². The van der Waals surface area contributed by atoms with Crippen LogP contribution in [0.4, 0.5) is 0 Å². The van der Waals surface area contributed by atoms with Gasteiger partial charge in [-0.15, -0.1) is 11.3 Å². The van der Waals surface area contributed by atoms with Crippen LogP contribution in [-0.2, 0) is 25.7 Å². The summed E-state index contributed by atoms with van der Waals surface area (Å²) in [5.74, 6) is -1.10. The van der Waals surface area contributed by atoms with Gasteiger partial charge in [0.1, 0.15) is 18.2 Å². The third-order valence-corrected chi connectivity index (χ3v) is 7.89. The van der Waals surface area contributed by atoms with E-state index in [1.54, 1.807) is 11.3 Å². The molecule has 1 aromatic carbocycles. The Balaban J connectivity index is 1.41. The molecule has 4 rings (SSSR count). The number of carbonyl (C=O) groups is 3. The Bertz CT molecular complexity index is 1140. The van der Waals surface area contributed by atoms with Gasteiger partial charge < -0.3 is 30.7 Å². The molecule has 0 radical (unpaired) electrons. The van der Waals surface area contributed by atoms with Crippen LogP contribution in [0.5, 0.6) is 0 Å². The van der Waals surface area contributed by atoms with Gasteiger partial charge in [0.15, 0.2) is 0 Å². The van der Waals surface area contributed by atoms with Crippen molar-refractivity contribution in [1.82, 2.24) is 25.8 Å². The third-order valence-electron chi connectivity index (χ3n) is 6.91. The molecular weight excluding hydrogens is 506 g/mol. The Labute approximate surface area is 227 Å². The van der Waals surface area contributed by atoms with Crippen molar-refractivity contribution in [2.45, 2.75) is 65.0 Å². The monoisotopic (exact) mass is 543 g/mol. The number of aryl methyl sites for hydroxylation is 1. The third kappa shape index (κ3) is 6.58. The van der Waals surface area contributed by atoms with Crippen LogP contribution >= 0.6 is 11.3 Å². The Hall–Kier alpha value is -2.86. The highest BCUT2D eigenvalue weighted by Crippen LogP contribution is 2.28. The molecule has 3 amide bonds. The van der Waals surface area contributed by atoms with Gasteiger partial charge in [-0.05, 0) is 23.5 Å². The standard InChI is InChI=1S/C27H37N5O5S/c1-16-22(38-15-30-16)18-7-5-17(6-8-18)12-29-24(34)20-11-19(33)14-32(20)26(36)23(27(2,3)4)31-25(35)21-13-28-9-10-37-21/h5-8,15,19-21,23,28,33H,9-14H2,1-4H3,(H,29,34)(H,31,35)/t19-,20+,21+,23-/m1/s1. The maximum absolute atomic E-state index is 13.7. The van der Waals surface area contributed by atoms with Crippen LogP contribution < -0.4 is 16.0 Å². The number of carbonyl (C=O) groups excluding carboxylic acids is 3. The first-order valence-electron chi connectivity index (χ1n) is 12.9. The average Bonchev–Trinajstić information content (AvgIpc) is 3.50. The molecule has 0 saturated carbocycles. The number of aliphatic hydroxyl groups excluding tert-OH is 1. The fourth-order valence-electron chi connectivity index (χ4n) is 4.75. The van der Waals surface area contributed by atoms with Crippen molar-refractivity contribution < 1.29 is 24.2 Å². The second kappa shape index (κ2) is 11.9. The van der Waals surface area contributed by atoms with Crippen LogP contribution in [-0.4, -0.2) is 83.2 Å². The molecule has 2 saturated heterocycles. The topological polar surface area (TPSA) is 133 Å². The van der Waals surface area contributed by atoms with Crippen LogP contribution in [0.1, 0.15) is 38.4 Å². The van der Waals surface area contributed by atoms with E-state index < -0.39 is 35.6 Å². The number of nitrogens with one attached hydrogen (secondary N) is 3. The van der Waals surface area contributed by atoms with Gasteiger partial charge >= 0.3 is 0 Å². The quantitative estimate of drug-likeness (QED) is 0.413. The number of hydrogen-bond donors (Lipinski definition) is 4. The summed E-state index contributed by atoms with van der Waals surface area (Å²) in [6.07, 6.45) is -1.36. The van der Waals surface area contributed by atoms with E-state index in [-0.39, 0.29) is 24.8 Å². The lowest BCUT2D eigenvalue weighted by Gasteiger charge is -2.36. The molecule has 0 bridgehead atoms. The molecule has 0 unspecified atom stereocenters. The first-order chi connectivity index (χ1) is 18.0. The van der Waals surface area contributed by atoms with E-state index in [2.05, 4.69) is 20.9 Å². The zero-order chi connectivity index (χ0) is 27.4. The summed E-state index contributed by atoms with van der Waals surface area (Å²) in [5.41, 5.74) is 4.16. The van der Waals surface area contributed by atoms with E-state index in [0.29, 0.717) is 26.2 Å². The number of morpholine rings is 1. The number of nitrogens with zero attached hydrogens (tertiary/aromatic N) is 2. The summed E-state index contributed by atoms with van der Waals surface area (Å²) in [7, 11) is 0. The predicted molar refractivity (Wildman–Crippen MR) is 144 cm³/mol. The number of thiazole rings is 1. The van der Waals surface area contributed by atoms with E-state index in [1.807, 2.05) is 57.5 Å². The minimum absolute atomic E-state index is 0.0315.